The van der Waals surface area contributed by atoms with Gasteiger partial charge in [-0.05, 0) is 24.8 Å². The van der Waals surface area contributed by atoms with Gasteiger partial charge in [0.2, 0.25) is 0 Å². The molecule has 1 unspecified atom stereocenters. The maximum atomic E-state index is 5.58. The van der Waals surface area contributed by atoms with Gasteiger partial charge in [-0.2, -0.15) is 0 Å². The molecular weight excluding hydrogens is 336 g/mol. The molecule has 1 atom stereocenters. The fourth-order valence-corrected chi connectivity index (χ4v) is 2.51. The molecule has 0 radical (unpaired) electrons. The van der Waals surface area contributed by atoms with Crippen LogP contribution in [0.3, 0.4) is 0 Å². The summed E-state index contributed by atoms with van der Waals surface area (Å²) in [5.74, 6) is 0. The monoisotopic (exact) mass is 368 g/mol. The van der Waals surface area contributed by atoms with Crippen LogP contribution in [0, 0.1) is 0 Å². The second kappa shape index (κ2) is 15.1. The van der Waals surface area contributed by atoms with E-state index in [2.05, 4.69) is 0 Å². The first-order valence-corrected chi connectivity index (χ1v) is 9.53. The molecule has 1 aromatic carbocycles. The van der Waals surface area contributed by atoms with Gasteiger partial charge in [-0.25, -0.2) is 0 Å². The van der Waals surface area contributed by atoms with Crippen LogP contribution in [0.1, 0.15) is 24.8 Å². The highest BCUT2D eigenvalue weighted by Crippen LogP contribution is 2.13. The number of benzene rings is 1. The fourth-order valence-electron chi connectivity index (χ4n) is 2.51. The zero-order valence-electron chi connectivity index (χ0n) is 15.6. The van der Waals surface area contributed by atoms with E-state index in [4.69, 9.17) is 28.4 Å². The van der Waals surface area contributed by atoms with Gasteiger partial charge in [0.05, 0.1) is 59.5 Å². The van der Waals surface area contributed by atoms with Crippen molar-refractivity contribution in [2.75, 3.05) is 59.5 Å². The molecule has 0 aliphatic carbocycles. The lowest BCUT2D eigenvalue weighted by Gasteiger charge is -2.22. The van der Waals surface area contributed by atoms with Gasteiger partial charge >= 0.3 is 0 Å². The zero-order valence-corrected chi connectivity index (χ0v) is 15.6. The molecule has 1 fully saturated rings. The summed E-state index contributed by atoms with van der Waals surface area (Å²) < 4.78 is 33.0. The Hall–Kier alpha value is -1.02. The molecule has 0 saturated carbocycles. The standard InChI is InChI=1S/C20H32O6/c1-2-6-19(7-3-1)18-24-15-14-22-11-10-21-12-13-23-16-17-26-20-8-4-5-9-25-20/h1-3,6-7,20H,4-5,8-18H2. The summed E-state index contributed by atoms with van der Waals surface area (Å²) in [4.78, 5) is 0. The molecule has 0 amide bonds. The Bertz CT molecular complexity index is 422. The van der Waals surface area contributed by atoms with Crippen molar-refractivity contribution in [1.29, 1.82) is 0 Å². The van der Waals surface area contributed by atoms with Crippen LogP contribution in [0.2, 0.25) is 0 Å². The SMILES string of the molecule is c1ccc(COCCOCCOCCOCCOC2CCCCO2)cc1. The van der Waals surface area contributed by atoms with Crippen molar-refractivity contribution < 1.29 is 28.4 Å². The summed E-state index contributed by atoms with van der Waals surface area (Å²) in [6.07, 6.45) is 3.26. The molecular formula is C20H32O6. The van der Waals surface area contributed by atoms with E-state index in [-0.39, 0.29) is 6.29 Å². The van der Waals surface area contributed by atoms with Gasteiger partial charge in [0.1, 0.15) is 0 Å². The molecule has 0 spiro atoms. The lowest BCUT2D eigenvalue weighted by Crippen LogP contribution is -2.24. The first kappa shape index (κ1) is 21.3. The van der Waals surface area contributed by atoms with Gasteiger partial charge < -0.3 is 28.4 Å². The lowest BCUT2D eigenvalue weighted by molar-refractivity contribution is -0.169. The molecule has 26 heavy (non-hydrogen) atoms. The molecule has 1 heterocycles. The first-order chi connectivity index (χ1) is 12.9. The molecule has 0 bridgehead atoms. The van der Waals surface area contributed by atoms with E-state index in [1.165, 1.54) is 12.0 Å². The predicted molar refractivity (Wildman–Crippen MR) is 98.1 cm³/mol. The van der Waals surface area contributed by atoms with Crippen LogP contribution in [-0.2, 0) is 35.0 Å². The van der Waals surface area contributed by atoms with E-state index in [1.54, 1.807) is 0 Å². The van der Waals surface area contributed by atoms with Crippen molar-refractivity contribution in [2.24, 2.45) is 0 Å². The van der Waals surface area contributed by atoms with E-state index in [1.807, 2.05) is 30.3 Å². The molecule has 1 aliphatic rings. The van der Waals surface area contributed by atoms with Gasteiger partial charge in [0.15, 0.2) is 6.29 Å². The highest BCUT2D eigenvalue weighted by molar-refractivity contribution is 5.13. The quantitative estimate of drug-likeness (QED) is 0.444. The molecule has 1 aliphatic heterocycles. The van der Waals surface area contributed by atoms with Crippen molar-refractivity contribution in [2.45, 2.75) is 32.2 Å². The number of hydrogen-bond acceptors (Lipinski definition) is 6. The van der Waals surface area contributed by atoms with E-state index in [0.717, 1.165) is 19.4 Å². The Morgan fingerprint density at radius 3 is 1.96 bits per heavy atom. The van der Waals surface area contributed by atoms with Crippen LogP contribution in [0.4, 0.5) is 0 Å². The van der Waals surface area contributed by atoms with E-state index >= 15 is 0 Å². The Morgan fingerprint density at radius 2 is 1.35 bits per heavy atom. The minimum absolute atomic E-state index is 0.0441. The summed E-state index contributed by atoms with van der Waals surface area (Å²) in [7, 11) is 0. The van der Waals surface area contributed by atoms with Crippen LogP contribution in [0.25, 0.3) is 0 Å². The molecule has 0 aromatic heterocycles. The van der Waals surface area contributed by atoms with E-state index < -0.39 is 0 Å². The smallest absolute Gasteiger partial charge is 0.157 e. The highest BCUT2D eigenvalue weighted by Gasteiger charge is 2.13. The Balaban J connectivity index is 1.25. The summed E-state index contributed by atoms with van der Waals surface area (Å²) in [5, 5.41) is 0. The van der Waals surface area contributed by atoms with Crippen LogP contribution >= 0.6 is 0 Å². The average molecular weight is 368 g/mol. The fraction of sp³-hybridized carbons (Fsp3) is 0.700. The third-order valence-electron chi connectivity index (χ3n) is 3.90. The third-order valence-corrected chi connectivity index (χ3v) is 3.90. The summed E-state index contributed by atoms with van der Waals surface area (Å²) >= 11 is 0. The summed E-state index contributed by atoms with van der Waals surface area (Å²) in [5.41, 5.74) is 1.17. The molecule has 6 heteroatoms. The molecule has 0 N–H and O–H groups in total. The summed E-state index contributed by atoms with van der Waals surface area (Å²) in [6, 6.07) is 10.1. The number of rotatable bonds is 15. The van der Waals surface area contributed by atoms with Crippen molar-refractivity contribution >= 4 is 0 Å². The van der Waals surface area contributed by atoms with Crippen molar-refractivity contribution in [3.8, 4) is 0 Å². The van der Waals surface area contributed by atoms with Crippen LogP contribution < -0.4 is 0 Å². The predicted octanol–water partition coefficient (Wildman–Crippen LogP) is 2.80. The number of ether oxygens (including phenoxy) is 6. The molecule has 6 nitrogen and oxygen atoms in total. The maximum absolute atomic E-state index is 5.58. The van der Waals surface area contributed by atoms with Gasteiger partial charge in [-0.3, -0.25) is 0 Å². The minimum Gasteiger partial charge on any atom is -0.377 e. The van der Waals surface area contributed by atoms with Crippen LogP contribution in [0.15, 0.2) is 30.3 Å². The Morgan fingerprint density at radius 1 is 0.731 bits per heavy atom. The van der Waals surface area contributed by atoms with Gasteiger partial charge in [0, 0.05) is 6.61 Å². The number of hydrogen-bond donors (Lipinski definition) is 0. The molecule has 148 valence electrons. The second-order valence-corrected chi connectivity index (χ2v) is 6.04. The largest absolute Gasteiger partial charge is 0.377 e. The molecule has 2 rings (SSSR count). The van der Waals surface area contributed by atoms with E-state index in [9.17, 15) is 0 Å². The normalized spacial score (nSPS) is 17.5. The van der Waals surface area contributed by atoms with Gasteiger partial charge in [0.25, 0.3) is 0 Å². The molecule has 1 aromatic rings. The molecule has 1 saturated heterocycles. The van der Waals surface area contributed by atoms with Crippen molar-refractivity contribution in [3.63, 3.8) is 0 Å². The third kappa shape index (κ3) is 10.9. The first-order valence-electron chi connectivity index (χ1n) is 9.53. The van der Waals surface area contributed by atoms with Crippen LogP contribution in [0.5, 0.6) is 0 Å². The van der Waals surface area contributed by atoms with Crippen LogP contribution in [-0.4, -0.2) is 65.8 Å². The van der Waals surface area contributed by atoms with E-state index in [0.29, 0.717) is 59.5 Å². The Kier molecular flexibility index (Phi) is 12.3. The zero-order chi connectivity index (χ0) is 18.1. The summed E-state index contributed by atoms with van der Waals surface area (Å²) in [6.45, 7) is 5.98. The van der Waals surface area contributed by atoms with Gasteiger partial charge in [-0.15, -0.1) is 0 Å². The minimum atomic E-state index is -0.0441. The second-order valence-electron chi connectivity index (χ2n) is 6.04. The average Bonchev–Trinajstić information content (AvgIpc) is 2.70. The maximum Gasteiger partial charge on any atom is 0.157 e. The van der Waals surface area contributed by atoms with Crippen molar-refractivity contribution in [3.05, 3.63) is 35.9 Å². The van der Waals surface area contributed by atoms with Crippen molar-refractivity contribution in [1.82, 2.24) is 0 Å². The van der Waals surface area contributed by atoms with Gasteiger partial charge in [-0.1, -0.05) is 30.3 Å². The lowest BCUT2D eigenvalue weighted by atomic mass is 10.2. The topological polar surface area (TPSA) is 55.4 Å². The Labute approximate surface area is 156 Å². The highest BCUT2D eigenvalue weighted by atomic mass is 16.7.